The number of ether oxygens (including phenoxy) is 1. The maximum Gasteiger partial charge on any atom is 0.242 e. The van der Waals surface area contributed by atoms with Crippen molar-refractivity contribution in [2.75, 3.05) is 12.4 Å². The Kier molecular flexibility index (Phi) is 4.51. The van der Waals surface area contributed by atoms with E-state index in [1.165, 1.54) is 5.56 Å². The van der Waals surface area contributed by atoms with Crippen LogP contribution >= 0.6 is 0 Å². The summed E-state index contributed by atoms with van der Waals surface area (Å²) in [4.78, 5) is 12.6. The third-order valence-electron chi connectivity index (χ3n) is 4.33. The Morgan fingerprint density at radius 3 is 2.74 bits per heavy atom. The molecule has 23 heavy (non-hydrogen) atoms. The summed E-state index contributed by atoms with van der Waals surface area (Å²) in [7, 11) is 1.65. The Hall–Kier alpha value is -2.49. The van der Waals surface area contributed by atoms with E-state index in [2.05, 4.69) is 16.7 Å². The van der Waals surface area contributed by atoms with Gasteiger partial charge in [0.15, 0.2) is 0 Å². The van der Waals surface area contributed by atoms with Crippen molar-refractivity contribution in [3.63, 3.8) is 0 Å². The van der Waals surface area contributed by atoms with Crippen molar-refractivity contribution in [1.29, 1.82) is 0 Å². The van der Waals surface area contributed by atoms with E-state index in [1.807, 2.05) is 49.4 Å². The van der Waals surface area contributed by atoms with Gasteiger partial charge in [0, 0.05) is 0 Å². The number of carbonyl (C=O) groups is 1. The highest BCUT2D eigenvalue weighted by Crippen LogP contribution is 2.33. The lowest BCUT2D eigenvalue weighted by atomic mass is 9.96. The topological polar surface area (TPSA) is 50.4 Å². The van der Waals surface area contributed by atoms with Gasteiger partial charge in [-0.3, -0.25) is 4.79 Å². The SMILES string of the molecule is COc1cccc2c1N[C@H](C(=O)N[C@@H](C)c1ccccc1)CC2. The average Bonchev–Trinajstić information content (AvgIpc) is 2.61. The number of methoxy groups -OCH3 is 1. The van der Waals surface area contributed by atoms with Crippen LogP contribution in [-0.4, -0.2) is 19.1 Å². The molecule has 0 spiro atoms. The van der Waals surface area contributed by atoms with Crippen molar-refractivity contribution in [2.24, 2.45) is 0 Å². The number of benzene rings is 2. The number of hydrogen-bond acceptors (Lipinski definition) is 3. The van der Waals surface area contributed by atoms with Gasteiger partial charge in [0.2, 0.25) is 5.91 Å². The molecule has 1 aliphatic rings. The summed E-state index contributed by atoms with van der Waals surface area (Å²) in [5, 5.41) is 6.43. The molecule has 1 amide bonds. The zero-order valence-corrected chi connectivity index (χ0v) is 13.5. The van der Waals surface area contributed by atoms with Crippen LogP contribution in [0, 0.1) is 0 Å². The van der Waals surface area contributed by atoms with Gasteiger partial charge in [-0.05, 0) is 37.0 Å². The quantitative estimate of drug-likeness (QED) is 0.911. The molecule has 1 heterocycles. The summed E-state index contributed by atoms with van der Waals surface area (Å²) >= 11 is 0. The molecule has 0 aliphatic carbocycles. The number of nitrogens with one attached hydrogen (secondary N) is 2. The molecule has 0 unspecified atom stereocenters. The van der Waals surface area contributed by atoms with Crippen LogP contribution in [0.25, 0.3) is 0 Å². The van der Waals surface area contributed by atoms with Crippen LogP contribution in [0.15, 0.2) is 48.5 Å². The number of fused-ring (bicyclic) bond motifs is 1. The van der Waals surface area contributed by atoms with E-state index < -0.39 is 0 Å². The maximum atomic E-state index is 12.6. The molecule has 2 N–H and O–H groups in total. The van der Waals surface area contributed by atoms with Crippen LogP contribution in [0.2, 0.25) is 0 Å². The third-order valence-corrected chi connectivity index (χ3v) is 4.33. The van der Waals surface area contributed by atoms with Crippen molar-refractivity contribution < 1.29 is 9.53 Å². The molecule has 0 bridgehead atoms. The molecule has 2 atom stereocenters. The molecule has 4 nitrogen and oxygen atoms in total. The standard InChI is InChI=1S/C19H22N2O2/c1-13(14-7-4-3-5-8-14)20-19(22)16-12-11-15-9-6-10-17(23-2)18(15)21-16/h3-10,13,16,21H,11-12H2,1-2H3,(H,20,22)/t13-,16-/m0/s1. The van der Waals surface area contributed by atoms with Crippen molar-refractivity contribution in [2.45, 2.75) is 31.8 Å². The van der Waals surface area contributed by atoms with E-state index >= 15 is 0 Å². The highest BCUT2D eigenvalue weighted by atomic mass is 16.5. The van der Waals surface area contributed by atoms with Crippen LogP contribution in [0.3, 0.4) is 0 Å². The largest absolute Gasteiger partial charge is 0.495 e. The van der Waals surface area contributed by atoms with Gasteiger partial charge in [0.25, 0.3) is 0 Å². The summed E-state index contributed by atoms with van der Waals surface area (Å²) in [5.41, 5.74) is 3.24. The Morgan fingerprint density at radius 2 is 2.00 bits per heavy atom. The Morgan fingerprint density at radius 1 is 1.22 bits per heavy atom. The second kappa shape index (κ2) is 6.73. The predicted molar refractivity (Wildman–Crippen MR) is 91.7 cm³/mol. The molecule has 0 fully saturated rings. The fourth-order valence-corrected chi connectivity index (χ4v) is 3.00. The smallest absolute Gasteiger partial charge is 0.242 e. The molecule has 120 valence electrons. The molecule has 2 aromatic rings. The first kappa shape index (κ1) is 15.4. The molecule has 0 saturated carbocycles. The van der Waals surface area contributed by atoms with Gasteiger partial charge >= 0.3 is 0 Å². The number of carbonyl (C=O) groups excluding carboxylic acids is 1. The first-order valence-electron chi connectivity index (χ1n) is 7.97. The van der Waals surface area contributed by atoms with Gasteiger partial charge in [0.05, 0.1) is 18.8 Å². The Labute approximate surface area is 136 Å². The van der Waals surface area contributed by atoms with Gasteiger partial charge < -0.3 is 15.4 Å². The predicted octanol–water partition coefficient (Wildman–Crippen LogP) is 3.30. The van der Waals surface area contributed by atoms with Crippen LogP contribution in [-0.2, 0) is 11.2 Å². The van der Waals surface area contributed by atoms with Gasteiger partial charge in [-0.1, -0.05) is 42.5 Å². The highest BCUT2D eigenvalue weighted by molar-refractivity contribution is 5.86. The minimum atomic E-state index is -0.232. The minimum Gasteiger partial charge on any atom is -0.495 e. The lowest BCUT2D eigenvalue weighted by Gasteiger charge is -2.28. The van der Waals surface area contributed by atoms with Crippen LogP contribution in [0.1, 0.15) is 30.5 Å². The summed E-state index contributed by atoms with van der Waals surface area (Å²) in [5.74, 6) is 0.814. The average molecular weight is 310 g/mol. The zero-order chi connectivity index (χ0) is 16.2. The summed E-state index contributed by atoms with van der Waals surface area (Å²) < 4.78 is 5.40. The van der Waals surface area contributed by atoms with Gasteiger partial charge in [-0.15, -0.1) is 0 Å². The van der Waals surface area contributed by atoms with Gasteiger partial charge in [-0.25, -0.2) is 0 Å². The number of amides is 1. The van der Waals surface area contributed by atoms with Crippen molar-refractivity contribution in [1.82, 2.24) is 5.32 Å². The molecule has 1 aliphatic heterocycles. The number of para-hydroxylation sites is 1. The van der Waals surface area contributed by atoms with E-state index in [0.717, 1.165) is 29.8 Å². The molecular weight excluding hydrogens is 288 g/mol. The van der Waals surface area contributed by atoms with Crippen LogP contribution in [0.4, 0.5) is 5.69 Å². The van der Waals surface area contributed by atoms with E-state index in [9.17, 15) is 4.79 Å². The normalized spacial score (nSPS) is 17.6. The molecule has 0 radical (unpaired) electrons. The summed E-state index contributed by atoms with van der Waals surface area (Å²) in [6.07, 6.45) is 1.66. The highest BCUT2D eigenvalue weighted by Gasteiger charge is 2.26. The van der Waals surface area contributed by atoms with Crippen LogP contribution < -0.4 is 15.4 Å². The van der Waals surface area contributed by atoms with Crippen LogP contribution in [0.5, 0.6) is 5.75 Å². The monoisotopic (exact) mass is 310 g/mol. The van der Waals surface area contributed by atoms with E-state index in [-0.39, 0.29) is 18.0 Å². The van der Waals surface area contributed by atoms with E-state index in [4.69, 9.17) is 4.74 Å². The Bertz CT molecular complexity index is 671. The number of anilines is 1. The third kappa shape index (κ3) is 3.31. The number of aryl methyl sites for hydroxylation is 1. The lowest BCUT2D eigenvalue weighted by molar-refractivity contribution is -0.122. The van der Waals surface area contributed by atoms with Crippen molar-refractivity contribution >= 4 is 11.6 Å². The fourth-order valence-electron chi connectivity index (χ4n) is 3.00. The summed E-state index contributed by atoms with van der Waals surface area (Å²) in [6, 6.07) is 15.7. The van der Waals surface area contributed by atoms with Gasteiger partial charge in [0.1, 0.15) is 11.8 Å². The maximum absolute atomic E-state index is 12.6. The molecule has 0 saturated heterocycles. The van der Waals surface area contributed by atoms with E-state index in [0.29, 0.717) is 0 Å². The number of rotatable bonds is 4. The van der Waals surface area contributed by atoms with E-state index in [1.54, 1.807) is 7.11 Å². The molecule has 0 aromatic heterocycles. The van der Waals surface area contributed by atoms with Gasteiger partial charge in [-0.2, -0.15) is 0 Å². The second-order valence-electron chi connectivity index (χ2n) is 5.87. The molecular formula is C19H22N2O2. The Balaban J connectivity index is 1.70. The van der Waals surface area contributed by atoms with Crippen molar-refractivity contribution in [3.8, 4) is 5.75 Å². The summed E-state index contributed by atoms with van der Waals surface area (Å²) in [6.45, 7) is 2.00. The molecule has 3 rings (SSSR count). The zero-order valence-electron chi connectivity index (χ0n) is 13.5. The fraction of sp³-hybridized carbons (Fsp3) is 0.316. The molecule has 2 aromatic carbocycles. The first-order valence-corrected chi connectivity index (χ1v) is 7.97. The second-order valence-corrected chi connectivity index (χ2v) is 5.87. The lowest BCUT2D eigenvalue weighted by Crippen LogP contribution is -2.42. The number of hydrogen-bond donors (Lipinski definition) is 2. The minimum absolute atomic E-state index is 0.00966. The molecule has 4 heteroatoms. The first-order chi connectivity index (χ1) is 11.2. The van der Waals surface area contributed by atoms with Crippen molar-refractivity contribution in [3.05, 3.63) is 59.7 Å².